The standard InChI is InChI=1S/C12H18N2/c1-3-6-11(2)7-4-5-8-12-13-9-10-14-12/h4-5,7-11H,3,6H2,1-2H3,(H,13,14)/b7-4-,8-5-. The Kier molecular flexibility index (Phi) is 4.76. The molecule has 1 aromatic rings. The molecule has 0 saturated carbocycles. The van der Waals surface area contributed by atoms with Gasteiger partial charge in [0.2, 0.25) is 0 Å². The molecule has 0 bridgehead atoms. The number of hydrogen-bond donors (Lipinski definition) is 1. The van der Waals surface area contributed by atoms with Crippen molar-refractivity contribution in [3.63, 3.8) is 0 Å². The molecule has 1 unspecified atom stereocenters. The summed E-state index contributed by atoms with van der Waals surface area (Å²) in [5.74, 6) is 1.57. The van der Waals surface area contributed by atoms with Gasteiger partial charge in [-0.05, 0) is 18.4 Å². The Morgan fingerprint density at radius 3 is 3.00 bits per heavy atom. The third-order valence-corrected chi connectivity index (χ3v) is 2.07. The summed E-state index contributed by atoms with van der Waals surface area (Å²) in [6, 6.07) is 0. The fourth-order valence-corrected chi connectivity index (χ4v) is 1.32. The molecule has 0 amide bonds. The van der Waals surface area contributed by atoms with Gasteiger partial charge in [0.15, 0.2) is 0 Å². The zero-order valence-corrected chi connectivity index (χ0v) is 8.90. The van der Waals surface area contributed by atoms with Crippen LogP contribution in [-0.4, -0.2) is 9.97 Å². The molecule has 1 heterocycles. The largest absolute Gasteiger partial charge is 0.345 e. The molecule has 0 aromatic carbocycles. The van der Waals surface area contributed by atoms with Crippen LogP contribution in [0.2, 0.25) is 0 Å². The number of rotatable bonds is 5. The van der Waals surface area contributed by atoms with Gasteiger partial charge in [0.05, 0.1) is 0 Å². The molecule has 2 nitrogen and oxygen atoms in total. The highest BCUT2D eigenvalue weighted by molar-refractivity contribution is 5.42. The molecule has 1 N–H and O–H groups in total. The van der Waals surface area contributed by atoms with E-state index in [0.717, 1.165) is 5.82 Å². The Bertz CT molecular complexity index is 283. The Hall–Kier alpha value is -1.31. The summed E-state index contributed by atoms with van der Waals surface area (Å²) >= 11 is 0. The van der Waals surface area contributed by atoms with E-state index >= 15 is 0 Å². The summed E-state index contributed by atoms with van der Waals surface area (Å²) in [6.07, 6.45) is 14.4. The van der Waals surface area contributed by atoms with E-state index in [-0.39, 0.29) is 0 Å². The smallest absolute Gasteiger partial charge is 0.129 e. The van der Waals surface area contributed by atoms with E-state index in [9.17, 15) is 0 Å². The number of aromatic amines is 1. The van der Waals surface area contributed by atoms with E-state index in [1.807, 2.05) is 18.3 Å². The van der Waals surface area contributed by atoms with Gasteiger partial charge in [-0.15, -0.1) is 0 Å². The van der Waals surface area contributed by atoms with Crippen LogP contribution in [0.5, 0.6) is 0 Å². The van der Waals surface area contributed by atoms with E-state index in [1.165, 1.54) is 12.8 Å². The molecule has 76 valence electrons. The monoisotopic (exact) mass is 190 g/mol. The molecule has 0 aliphatic rings. The van der Waals surface area contributed by atoms with Gasteiger partial charge in [0, 0.05) is 12.4 Å². The second-order valence-corrected chi connectivity index (χ2v) is 3.48. The number of hydrogen-bond acceptors (Lipinski definition) is 1. The summed E-state index contributed by atoms with van der Waals surface area (Å²) in [4.78, 5) is 7.11. The molecule has 1 atom stereocenters. The Morgan fingerprint density at radius 2 is 2.36 bits per heavy atom. The predicted octanol–water partition coefficient (Wildman–Crippen LogP) is 3.42. The summed E-state index contributed by atoms with van der Waals surface area (Å²) < 4.78 is 0. The number of nitrogens with one attached hydrogen (secondary N) is 1. The molecule has 0 fully saturated rings. The molecule has 0 spiro atoms. The minimum Gasteiger partial charge on any atom is -0.345 e. The topological polar surface area (TPSA) is 28.7 Å². The molecule has 1 rings (SSSR count). The normalized spacial score (nSPS) is 14.1. The molecule has 14 heavy (non-hydrogen) atoms. The van der Waals surface area contributed by atoms with Crippen LogP contribution in [0.3, 0.4) is 0 Å². The Balaban J connectivity index is 2.32. The number of imidazole rings is 1. The van der Waals surface area contributed by atoms with Crippen molar-refractivity contribution in [1.82, 2.24) is 9.97 Å². The molecule has 0 aliphatic carbocycles. The predicted molar refractivity (Wildman–Crippen MR) is 60.8 cm³/mol. The summed E-state index contributed by atoms with van der Waals surface area (Å²) in [6.45, 7) is 4.45. The van der Waals surface area contributed by atoms with Crippen molar-refractivity contribution in [3.05, 3.63) is 36.4 Å². The summed E-state index contributed by atoms with van der Waals surface area (Å²) in [5.41, 5.74) is 0. The molecule has 0 aliphatic heterocycles. The second-order valence-electron chi connectivity index (χ2n) is 3.48. The third kappa shape index (κ3) is 4.08. The average Bonchev–Trinajstić information content (AvgIpc) is 2.65. The van der Waals surface area contributed by atoms with E-state index in [1.54, 1.807) is 6.20 Å². The van der Waals surface area contributed by atoms with Gasteiger partial charge in [0.25, 0.3) is 0 Å². The van der Waals surface area contributed by atoms with Gasteiger partial charge >= 0.3 is 0 Å². The maximum absolute atomic E-state index is 4.09. The molecular formula is C12H18N2. The van der Waals surface area contributed by atoms with Crippen LogP contribution in [0.4, 0.5) is 0 Å². The number of H-pyrrole nitrogens is 1. The van der Waals surface area contributed by atoms with Crippen LogP contribution in [0.25, 0.3) is 6.08 Å². The first-order chi connectivity index (χ1) is 6.83. The van der Waals surface area contributed by atoms with Crippen molar-refractivity contribution in [1.29, 1.82) is 0 Å². The highest BCUT2D eigenvalue weighted by atomic mass is 14.9. The van der Waals surface area contributed by atoms with Gasteiger partial charge in [0.1, 0.15) is 5.82 Å². The quantitative estimate of drug-likeness (QED) is 0.708. The Morgan fingerprint density at radius 1 is 1.50 bits per heavy atom. The first-order valence-electron chi connectivity index (χ1n) is 5.17. The van der Waals surface area contributed by atoms with Crippen molar-refractivity contribution in [2.24, 2.45) is 5.92 Å². The van der Waals surface area contributed by atoms with Crippen LogP contribution in [0.1, 0.15) is 32.5 Å². The lowest BCUT2D eigenvalue weighted by molar-refractivity contribution is 0.634. The van der Waals surface area contributed by atoms with Gasteiger partial charge in [-0.2, -0.15) is 0 Å². The van der Waals surface area contributed by atoms with Crippen LogP contribution >= 0.6 is 0 Å². The van der Waals surface area contributed by atoms with Crippen LogP contribution in [0.15, 0.2) is 30.6 Å². The number of nitrogens with zero attached hydrogens (tertiary/aromatic N) is 1. The number of aromatic nitrogens is 2. The minimum atomic E-state index is 0.668. The van der Waals surface area contributed by atoms with Gasteiger partial charge < -0.3 is 4.98 Å². The van der Waals surface area contributed by atoms with E-state index in [4.69, 9.17) is 0 Å². The van der Waals surface area contributed by atoms with Crippen molar-refractivity contribution in [2.45, 2.75) is 26.7 Å². The molecule has 0 radical (unpaired) electrons. The highest BCUT2D eigenvalue weighted by Crippen LogP contribution is 2.06. The maximum atomic E-state index is 4.09. The zero-order chi connectivity index (χ0) is 10.2. The lowest BCUT2D eigenvalue weighted by atomic mass is 10.1. The average molecular weight is 190 g/mol. The minimum absolute atomic E-state index is 0.668. The lowest BCUT2D eigenvalue weighted by Gasteiger charge is -2.00. The SMILES string of the molecule is CCCC(C)/C=C\C=C/c1ncc[nH]1. The van der Waals surface area contributed by atoms with Gasteiger partial charge in [-0.25, -0.2) is 4.98 Å². The van der Waals surface area contributed by atoms with E-state index < -0.39 is 0 Å². The zero-order valence-electron chi connectivity index (χ0n) is 8.90. The van der Waals surface area contributed by atoms with Crippen molar-refractivity contribution < 1.29 is 0 Å². The first kappa shape index (κ1) is 10.8. The second kappa shape index (κ2) is 6.19. The summed E-state index contributed by atoms with van der Waals surface area (Å²) in [7, 11) is 0. The fraction of sp³-hybridized carbons (Fsp3) is 0.417. The molecule has 2 heteroatoms. The van der Waals surface area contributed by atoms with E-state index in [2.05, 4.69) is 36.0 Å². The molecule has 0 saturated heterocycles. The lowest BCUT2D eigenvalue weighted by Crippen LogP contribution is -1.86. The molecule has 1 aromatic heterocycles. The first-order valence-corrected chi connectivity index (χ1v) is 5.17. The Labute approximate surface area is 85.8 Å². The van der Waals surface area contributed by atoms with Crippen molar-refractivity contribution in [3.8, 4) is 0 Å². The van der Waals surface area contributed by atoms with Gasteiger partial charge in [-0.1, -0.05) is 38.5 Å². The highest BCUT2D eigenvalue weighted by Gasteiger charge is 1.91. The van der Waals surface area contributed by atoms with Gasteiger partial charge in [-0.3, -0.25) is 0 Å². The summed E-state index contributed by atoms with van der Waals surface area (Å²) in [5, 5.41) is 0. The van der Waals surface area contributed by atoms with Crippen LogP contribution in [-0.2, 0) is 0 Å². The van der Waals surface area contributed by atoms with E-state index in [0.29, 0.717) is 5.92 Å². The van der Waals surface area contributed by atoms with Crippen molar-refractivity contribution in [2.75, 3.05) is 0 Å². The maximum Gasteiger partial charge on any atom is 0.129 e. The van der Waals surface area contributed by atoms with Crippen LogP contribution < -0.4 is 0 Å². The fourth-order valence-electron chi connectivity index (χ4n) is 1.32. The number of allylic oxidation sites excluding steroid dienone is 3. The van der Waals surface area contributed by atoms with Crippen molar-refractivity contribution >= 4 is 6.08 Å². The third-order valence-electron chi connectivity index (χ3n) is 2.07. The molecular weight excluding hydrogens is 172 g/mol. The van der Waals surface area contributed by atoms with Crippen LogP contribution in [0, 0.1) is 5.92 Å².